The smallest absolute Gasteiger partial charge is 0.338 e. The van der Waals surface area contributed by atoms with Crippen molar-refractivity contribution >= 4 is 29.4 Å². The number of rotatable bonds is 8. The number of pyridine rings is 1. The second kappa shape index (κ2) is 13.3. The van der Waals surface area contributed by atoms with Gasteiger partial charge < -0.3 is 19.9 Å². The molecule has 0 saturated carbocycles. The Balaban J connectivity index is 1.30. The van der Waals surface area contributed by atoms with Gasteiger partial charge in [0.2, 0.25) is 5.91 Å². The van der Waals surface area contributed by atoms with Crippen LogP contribution in [0.25, 0.3) is 11.1 Å². The minimum atomic E-state index is -0.859. The Morgan fingerprint density at radius 2 is 1.72 bits per heavy atom. The summed E-state index contributed by atoms with van der Waals surface area (Å²) in [5.74, 6) is -2.44. The first-order chi connectivity index (χ1) is 21.9. The number of anilines is 1. The van der Waals surface area contributed by atoms with Crippen LogP contribution in [-0.2, 0) is 16.1 Å². The number of aryl methyl sites for hydroxylation is 2. The Labute approximate surface area is 267 Å². The van der Waals surface area contributed by atoms with Crippen LogP contribution >= 0.6 is 0 Å². The predicted molar refractivity (Wildman–Crippen MR) is 172 cm³/mol. The third-order valence-electron chi connectivity index (χ3n) is 8.05. The summed E-state index contributed by atoms with van der Waals surface area (Å²) >= 11 is 0. The zero-order valence-electron chi connectivity index (χ0n) is 26.3. The van der Waals surface area contributed by atoms with Crippen LogP contribution in [0.3, 0.4) is 0 Å². The molecule has 9 nitrogen and oxygen atoms in total. The molecule has 10 heteroatoms. The molecule has 0 radical (unpaired) electrons. The molecule has 0 aliphatic carbocycles. The van der Waals surface area contributed by atoms with Crippen LogP contribution in [0.15, 0.2) is 79.1 Å². The average Bonchev–Trinajstić information content (AvgIpc) is 3.09. The molecule has 0 spiro atoms. The molecule has 0 bridgehead atoms. The van der Waals surface area contributed by atoms with Crippen LogP contribution in [-0.4, -0.2) is 59.3 Å². The molecular weight excluding hydrogens is 587 g/mol. The Morgan fingerprint density at radius 1 is 0.978 bits per heavy atom. The molecule has 5 rings (SSSR count). The molecule has 0 fully saturated rings. The van der Waals surface area contributed by atoms with Gasteiger partial charge in [-0.05, 0) is 98.5 Å². The molecule has 2 heterocycles. The van der Waals surface area contributed by atoms with Crippen molar-refractivity contribution in [3.05, 3.63) is 118 Å². The van der Waals surface area contributed by atoms with E-state index in [0.717, 1.165) is 28.3 Å². The summed E-state index contributed by atoms with van der Waals surface area (Å²) in [5.41, 5.74) is 5.13. The molecule has 1 aliphatic rings. The number of carbonyl (C=O) groups excluding carboxylic acids is 4. The number of esters is 1. The molecular formula is C36H35FN4O5. The lowest BCUT2D eigenvalue weighted by atomic mass is 10.0. The lowest BCUT2D eigenvalue weighted by molar-refractivity contribution is -0.122. The molecule has 1 unspecified atom stereocenters. The summed E-state index contributed by atoms with van der Waals surface area (Å²) in [4.78, 5) is 59.8. The van der Waals surface area contributed by atoms with E-state index in [1.54, 1.807) is 51.5 Å². The van der Waals surface area contributed by atoms with Crippen molar-refractivity contribution in [3.63, 3.8) is 0 Å². The number of nitrogens with zero attached hydrogens (tertiary/aromatic N) is 3. The number of hydrogen-bond acceptors (Lipinski definition) is 6. The van der Waals surface area contributed by atoms with Gasteiger partial charge >= 0.3 is 5.97 Å². The first-order valence-corrected chi connectivity index (χ1v) is 14.9. The van der Waals surface area contributed by atoms with Gasteiger partial charge in [0.25, 0.3) is 11.8 Å². The number of hydrogen-bond donors (Lipinski definition) is 1. The van der Waals surface area contributed by atoms with Crippen LogP contribution in [0.5, 0.6) is 0 Å². The average molecular weight is 623 g/mol. The van der Waals surface area contributed by atoms with Crippen molar-refractivity contribution in [1.82, 2.24) is 15.2 Å². The van der Waals surface area contributed by atoms with Gasteiger partial charge in [-0.2, -0.15) is 0 Å². The number of amides is 3. The van der Waals surface area contributed by atoms with E-state index < -0.39 is 35.7 Å². The highest BCUT2D eigenvalue weighted by atomic mass is 19.1. The summed E-state index contributed by atoms with van der Waals surface area (Å²) in [6.07, 6.45) is 2.69. The Hall–Kier alpha value is -5.38. The van der Waals surface area contributed by atoms with Crippen LogP contribution in [0.1, 0.15) is 61.6 Å². The number of halogens is 1. The highest BCUT2D eigenvalue weighted by molar-refractivity contribution is 6.11. The third kappa shape index (κ3) is 6.81. The van der Waals surface area contributed by atoms with E-state index in [-0.39, 0.29) is 24.6 Å². The number of ether oxygens (including phenoxy) is 1. The quantitative estimate of drug-likeness (QED) is 0.261. The maximum Gasteiger partial charge on any atom is 0.338 e. The summed E-state index contributed by atoms with van der Waals surface area (Å²) in [7, 11) is 1.62. The van der Waals surface area contributed by atoms with E-state index in [1.807, 2.05) is 44.2 Å². The van der Waals surface area contributed by atoms with Crippen molar-refractivity contribution in [2.45, 2.75) is 46.4 Å². The maximum absolute atomic E-state index is 14.8. The van der Waals surface area contributed by atoms with Gasteiger partial charge in [-0.25, -0.2) is 9.18 Å². The summed E-state index contributed by atoms with van der Waals surface area (Å²) < 4.78 is 20.3. The predicted octanol–water partition coefficient (Wildman–Crippen LogP) is 5.49. The molecule has 3 amide bonds. The summed E-state index contributed by atoms with van der Waals surface area (Å²) in [6.45, 7) is 6.93. The summed E-state index contributed by atoms with van der Waals surface area (Å²) in [5, 5.41) is 2.68. The van der Waals surface area contributed by atoms with Crippen molar-refractivity contribution in [2.75, 3.05) is 18.5 Å². The fraction of sp³-hybridized carbons (Fsp3) is 0.250. The van der Waals surface area contributed by atoms with E-state index in [9.17, 15) is 23.6 Å². The van der Waals surface area contributed by atoms with Crippen molar-refractivity contribution < 1.29 is 28.3 Å². The molecule has 1 N–H and O–H groups in total. The number of benzene rings is 3. The SMILES string of the molecule is Cc1ccc(C(=O)OC(C)CNC(=O)c2cc(F)cc(CN3C(=O)c4ccc(-c5ccncc5)cc4N(C)C(=O)[C@H]3C)c2)c(C)c1. The maximum atomic E-state index is 14.8. The largest absolute Gasteiger partial charge is 0.457 e. The number of likely N-dealkylation sites (N-methyl/N-ethyl adjacent to an activating group) is 1. The molecule has 4 aromatic rings. The van der Waals surface area contributed by atoms with Gasteiger partial charge in [0.15, 0.2) is 0 Å². The van der Waals surface area contributed by atoms with Crippen LogP contribution in [0.4, 0.5) is 10.1 Å². The molecule has 236 valence electrons. The minimum Gasteiger partial charge on any atom is -0.457 e. The fourth-order valence-corrected chi connectivity index (χ4v) is 5.52. The Bertz CT molecular complexity index is 1830. The second-order valence-electron chi connectivity index (χ2n) is 11.6. The normalized spacial score (nSPS) is 15.2. The van der Waals surface area contributed by atoms with E-state index in [1.165, 1.54) is 21.9 Å². The number of carbonyl (C=O) groups is 4. The molecule has 1 aromatic heterocycles. The van der Waals surface area contributed by atoms with E-state index >= 15 is 0 Å². The second-order valence-corrected chi connectivity index (χ2v) is 11.6. The van der Waals surface area contributed by atoms with Crippen LogP contribution in [0, 0.1) is 19.7 Å². The monoisotopic (exact) mass is 622 g/mol. The van der Waals surface area contributed by atoms with Gasteiger partial charge in [0.05, 0.1) is 23.4 Å². The minimum absolute atomic E-state index is 0.00206. The van der Waals surface area contributed by atoms with Crippen molar-refractivity contribution in [2.24, 2.45) is 0 Å². The zero-order valence-corrected chi connectivity index (χ0v) is 26.3. The van der Waals surface area contributed by atoms with E-state index in [4.69, 9.17) is 4.74 Å². The van der Waals surface area contributed by atoms with E-state index in [0.29, 0.717) is 22.4 Å². The van der Waals surface area contributed by atoms with Gasteiger partial charge in [-0.1, -0.05) is 23.8 Å². The standard InChI is InChI=1S/C36H35FN4O5/c1-21-6-8-30(22(2)14-21)36(45)46-23(3)19-39-33(42)28-15-25(16-29(37)17-28)20-41-24(4)34(43)40(5)32-18-27(7-9-31(32)35(41)44)26-10-12-38-13-11-26/h6-18,23-24H,19-20H2,1-5H3,(H,39,42)/t23?,24-/m1/s1. The molecule has 2 atom stereocenters. The van der Waals surface area contributed by atoms with Gasteiger partial charge in [-0.15, -0.1) is 0 Å². The molecule has 46 heavy (non-hydrogen) atoms. The summed E-state index contributed by atoms with van der Waals surface area (Å²) in [6, 6.07) is 17.3. The molecule has 1 aliphatic heterocycles. The lowest BCUT2D eigenvalue weighted by Crippen LogP contribution is -2.45. The van der Waals surface area contributed by atoms with Crippen molar-refractivity contribution in [1.29, 1.82) is 0 Å². The lowest BCUT2D eigenvalue weighted by Gasteiger charge is -2.27. The van der Waals surface area contributed by atoms with Crippen molar-refractivity contribution in [3.8, 4) is 11.1 Å². The number of aromatic nitrogens is 1. The molecule has 3 aromatic carbocycles. The fourth-order valence-electron chi connectivity index (χ4n) is 5.52. The Kier molecular flexibility index (Phi) is 9.27. The van der Waals surface area contributed by atoms with Crippen LogP contribution in [0.2, 0.25) is 0 Å². The first-order valence-electron chi connectivity index (χ1n) is 14.9. The Morgan fingerprint density at radius 3 is 2.43 bits per heavy atom. The zero-order chi connectivity index (χ0) is 33.1. The highest BCUT2D eigenvalue weighted by Gasteiger charge is 2.36. The topological polar surface area (TPSA) is 109 Å². The van der Waals surface area contributed by atoms with Crippen LogP contribution < -0.4 is 10.2 Å². The highest BCUT2D eigenvalue weighted by Crippen LogP contribution is 2.32. The first kappa shape index (κ1) is 32.0. The van der Waals surface area contributed by atoms with Gasteiger partial charge in [-0.3, -0.25) is 19.4 Å². The number of nitrogens with one attached hydrogen (secondary N) is 1. The third-order valence-corrected chi connectivity index (χ3v) is 8.05. The molecule has 0 saturated heterocycles. The van der Waals surface area contributed by atoms with Gasteiger partial charge in [0.1, 0.15) is 18.0 Å². The van der Waals surface area contributed by atoms with Gasteiger partial charge in [0, 0.05) is 31.5 Å². The number of fused-ring (bicyclic) bond motifs is 1. The van der Waals surface area contributed by atoms with E-state index in [2.05, 4.69) is 10.3 Å².